The molecule has 0 aliphatic heterocycles. The number of allylic oxidation sites excluding steroid dienone is 10. The van der Waals surface area contributed by atoms with Gasteiger partial charge in [-0.3, -0.25) is 4.79 Å². The maximum Gasteiger partial charge on any atom is 0.306 e. The van der Waals surface area contributed by atoms with Crippen molar-refractivity contribution in [3.05, 3.63) is 71.3 Å². The molecule has 1 N–H and O–H groups in total. The van der Waals surface area contributed by atoms with Gasteiger partial charge in [0.15, 0.2) is 0 Å². The van der Waals surface area contributed by atoms with Gasteiger partial charge in [-0.1, -0.05) is 54.2 Å². The Morgan fingerprint density at radius 3 is 1.90 bits per heavy atom. The molecule has 0 spiro atoms. The molecular weight excluding hydrogens is 388 g/mol. The van der Waals surface area contributed by atoms with Crippen molar-refractivity contribution in [3.63, 3.8) is 0 Å². The summed E-state index contributed by atoms with van der Waals surface area (Å²) in [4.78, 5) is 11.8. The van der Waals surface area contributed by atoms with E-state index in [0.717, 1.165) is 19.3 Å². The van der Waals surface area contributed by atoms with Crippen molar-refractivity contribution in [1.29, 1.82) is 0 Å². The van der Waals surface area contributed by atoms with Crippen LogP contribution in [0.1, 0.15) is 80.1 Å². The zero-order valence-electron chi connectivity index (χ0n) is 20.3. The van der Waals surface area contributed by atoms with Crippen LogP contribution in [0.4, 0.5) is 0 Å². The fraction of sp³-hybridized carbons (Fsp3) is 0.519. The molecule has 0 aliphatic rings. The number of rotatable bonds is 15. The van der Waals surface area contributed by atoms with E-state index in [1.165, 1.54) is 11.1 Å². The smallest absolute Gasteiger partial charge is 0.306 e. The summed E-state index contributed by atoms with van der Waals surface area (Å²) in [5.41, 5.74) is 2.52. The molecule has 1 atom stereocenters. The second-order valence-corrected chi connectivity index (χ2v) is 7.17. The molecule has 0 amide bonds. The molecule has 0 bridgehead atoms. The first kappa shape index (κ1) is 28.5. The molecular formula is C27H42O4. The average molecular weight is 431 g/mol. The summed E-state index contributed by atoms with van der Waals surface area (Å²) in [5, 5.41) is 10.2. The molecule has 174 valence electrons. The molecule has 0 rings (SSSR count). The van der Waals surface area contributed by atoms with E-state index >= 15 is 0 Å². The first-order valence-corrected chi connectivity index (χ1v) is 11.3. The molecule has 4 nitrogen and oxygen atoms in total. The van der Waals surface area contributed by atoms with Crippen LogP contribution < -0.4 is 0 Å². The molecule has 31 heavy (non-hydrogen) atoms. The Bertz CT molecular complexity index is 670. The lowest BCUT2D eigenvalue weighted by Crippen LogP contribution is -2.18. The predicted molar refractivity (Wildman–Crippen MR) is 131 cm³/mol. The second-order valence-electron chi connectivity index (χ2n) is 7.17. The van der Waals surface area contributed by atoms with Crippen LogP contribution in [0.25, 0.3) is 0 Å². The van der Waals surface area contributed by atoms with Crippen molar-refractivity contribution in [2.24, 2.45) is 0 Å². The molecule has 0 radical (unpaired) electrons. The molecule has 1 unspecified atom stereocenters. The monoisotopic (exact) mass is 430 g/mol. The predicted octanol–water partition coefficient (Wildman–Crippen LogP) is 7.67. The fourth-order valence-electron chi connectivity index (χ4n) is 3.08. The van der Waals surface area contributed by atoms with Crippen molar-refractivity contribution in [2.45, 2.75) is 86.2 Å². The van der Waals surface area contributed by atoms with Gasteiger partial charge in [0.1, 0.15) is 17.6 Å². The average Bonchev–Trinajstić information content (AvgIpc) is 2.75. The lowest BCUT2D eigenvalue weighted by molar-refractivity contribution is -0.143. The van der Waals surface area contributed by atoms with Gasteiger partial charge >= 0.3 is 5.97 Å². The molecule has 0 aromatic rings. The van der Waals surface area contributed by atoms with Gasteiger partial charge < -0.3 is 14.6 Å². The van der Waals surface area contributed by atoms with Gasteiger partial charge in [-0.05, 0) is 66.4 Å². The third-order valence-corrected chi connectivity index (χ3v) is 4.75. The zero-order valence-corrected chi connectivity index (χ0v) is 20.3. The Hall–Kier alpha value is -2.49. The Kier molecular flexibility index (Phi) is 16.8. The van der Waals surface area contributed by atoms with Crippen molar-refractivity contribution < 1.29 is 19.4 Å². The van der Waals surface area contributed by atoms with E-state index in [1.807, 2.05) is 39.8 Å². The van der Waals surface area contributed by atoms with E-state index < -0.39 is 0 Å². The highest BCUT2D eigenvalue weighted by molar-refractivity contribution is 5.69. The van der Waals surface area contributed by atoms with Gasteiger partial charge in [0.25, 0.3) is 0 Å². The van der Waals surface area contributed by atoms with E-state index in [0.29, 0.717) is 25.2 Å². The maximum atomic E-state index is 11.8. The topological polar surface area (TPSA) is 55.8 Å². The minimum Gasteiger partial charge on any atom is -0.509 e. The van der Waals surface area contributed by atoms with Crippen LogP contribution in [0.2, 0.25) is 0 Å². The Morgan fingerprint density at radius 1 is 0.871 bits per heavy atom. The van der Waals surface area contributed by atoms with Crippen LogP contribution in [-0.4, -0.2) is 23.8 Å². The maximum absolute atomic E-state index is 11.8. The number of ether oxygens (including phenoxy) is 2. The number of aliphatic hydroxyl groups excluding tert-OH is 1. The van der Waals surface area contributed by atoms with E-state index in [-0.39, 0.29) is 24.3 Å². The van der Waals surface area contributed by atoms with Crippen molar-refractivity contribution in [1.82, 2.24) is 0 Å². The standard InChI is InChI=1S/C27H42O4/c1-7-12-16-23(17-13-8-2)24(18-14-9-3)26(19-15-10-4)31-25(22(6)28)20-21-27(29)30-11-5/h7-10,12-15,26,28H,11,16-21H2,1-6H3/b12-7+,13-8+,14-9+,15-10-,25-22-. The summed E-state index contributed by atoms with van der Waals surface area (Å²) in [5.74, 6) is 0.252. The highest BCUT2D eigenvalue weighted by Crippen LogP contribution is 2.29. The van der Waals surface area contributed by atoms with Crippen LogP contribution >= 0.6 is 0 Å². The van der Waals surface area contributed by atoms with Gasteiger partial charge in [0, 0.05) is 12.8 Å². The number of hydrogen-bond acceptors (Lipinski definition) is 4. The summed E-state index contributed by atoms with van der Waals surface area (Å²) < 4.78 is 11.4. The lowest BCUT2D eigenvalue weighted by Gasteiger charge is -2.25. The first-order valence-electron chi connectivity index (χ1n) is 11.3. The number of esters is 1. The van der Waals surface area contributed by atoms with Crippen molar-refractivity contribution in [3.8, 4) is 0 Å². The van der Waals surface area contributed by atoms with Crippen LogP contribution in [0.15, 0.2) is 71.3 Å². The summed E-state index contributed by atoms with van der Waals surface area (Å²) >= 11 is 0. The van der Waals surface area contributed by atoms with Crippen LogP contribution in [0, 0.1) is 0 Å². The third kappa shape index (κ3) is 12.7. The van der Waals surface area contributed by atoms with Crippen LogP contribution in [0.3, 0.4) is 0 Å². The normalized spacial score (nSPS) is 13.9. The van der Waals surface area contributed by atoms with E-state index in [1.54, 1.807) is 13.8 Å². The minimum absolute atomic E-state index is 0.101. The molecule has 0 aromatic heterocycles. The van der Waals surface area contributed by atoms with Gasteiger partial charge in [0.2, 0.25) is 0 Å². The molecule has 0 saturated carbocycles. The van der Waals surface area contributed by atoms with Crippen molar-refractivity contribution in [2.75, 3.05) is 6.61 Å². The number of carbonyl (C=O) groups excluding carboxylic acids is 1. The van der Waals surface area contributed by atoms with Gasteiger partial charge in [-0.15, -0.1) is 0 Å². The summed E-state index contributed by atoms with van der Waals surface area (Å²) in [6, 6.07) is 0. The van der Waals surface area contributed by atoms with E-state index in [9.17, 15) is 9.90 Å². The number of carbonyl (C=O) groups is 1. The molecule has 0 heterocycles. The molecule has 0 aliphatic carbocycles. The zero-order chi connectivity index (χ0) is 23.5. The summed E-state index contributed by atoms with van der Waals surface area (Å²) in [6.45, 7) is 11.8. The van der Waals surface area contributed by atoms with E-state index in [2.05, 4.69) is 36.5 Å². The molecule has 4 heteroatoms. The SMILES string of the molecule is C/C=C\CC(O/C(CCC(=O)OCC)=C(/C)O)C(C/C=C/C)=C(C/C=C/C)C/C=C/C. The van der Waals surface area contributed by atoms with Gasteiger partial charge in [-0.2, -0.15) is 0 Å². The third-order valence-electron chi connectivity index (χ3n) is 4.75. The van der Waals surface area contributed by atoms with Gasteiger partial charge in [-0.25, -0.2) is 0 Å². The Labute approximate surface area is 189 Å². The number of hydrogen-bond donors (Lipinski definition) is 1. The Balaban J connectivity index is 6.09. The first-order chi connectivity index (χ1) is 14.9. The largest absolute Gasteiger partial charge is 0.509 e. The highest BCUT2D eigenvalue weighted by Gasteiger charge is 2.21. The summed E-state index contributed by atoms with van der Waals surface area (Å²) in [7, 11) is 0. The second kappa shape index (κ2) is 18.3. The Morgan fingerprint density at radius 2 is 1.42 bits per heavy atom. The number of aliphatic hydroxyl groups is 1. The van der Waals surface area contributed by atoms with E-state index in [4.69, 9.17) is 9.47 Å². The molecule has 0 saturated heterocycles. The lowest BCUT2D eigenvalue weighted by atomic mass is 9.92. The molecule has 0 fully saturated rings. The minimum atomic E-state index is -0.290. The van der Waals surface area contributed by atoms with Crippen LogP contribution in [-0.2, 0) is 14.3 Å². The highest BCUT2D eigenvalue weighted by atomic mass is 16.5. The quantitative estimate of drug-likeness (QED) is 0.164. The van der Waals surface area contributed by atoms with Gasteiger partial charge in [0.05, 0.1) is 13.0 Å². The van der Waals surface area contributed by atoms with Crippen molar-refractivity contribution >= 4 is 5.97 Å². The molecule has 0 aromatic carbocycles. The van der Waals surface area contributed by atoms with Crippen LogP contribution in [0.5, 0.6) is 0 Å². The summed E-state index contributed by atoms with van der Waals surface area (Å²) in [6.07, 6.45) is 20.2. The fourth-order valence-corrected chi connectivity index (χ4v) is 3.08.